The highest BCUT2D eigenvalue weighted by Gasteiger charge is 2.15. The number of morpholine rings is 1. The van der Waals surface area contributed by atoms with Gasteiger partial charge >= 0.3 is 0 Å². The molecular weight excluding hydrogens is 318 g/mol. The summed E-state index contributed by atoms with van der Waals surface area (Å²) in [7, 11) is 0. The molecule has 1 fully saturated rings. The molecule has 1 aromatic heterocycles. The van der Waals surface area contributed by atoms with Crippen molar-refractivity contribution in [3.8, 4) is 0 Å². The van der Waals surface area contributed by atoms with E-state index in [9.17, 15) is 4.79 Å². The number of amides is 1. The number of carbonyl (C=O) groups excluding carboxylic acids is 1. The lowest BCUT2D eigenvalue weighted by atomic mass is 10.4. The van der Waals surface area contributed by atoms with Crippen molar-refractivity contribution in [2.45, 2.75) is 0 Å². The fourth-order valence-electron chi connectivity index (χ4n) is 1.63. The van der Waals surface area contributed by atoms with Crippen molar-refractivity contribution in [1.29, 1.82) is 0 Å². The van der Waals surface area contributed by atoms with Crippen LogP contribution in [0.15, 0.2) is 18.3 Å². The van der Waals surface area contributed by atoms with Gasteiger partial charge in [0, 0.05) is 19.3 Å². The lowest BCUT2D eigenvalue weighted by Crippen LogP contribution is -2.39. The first-order chi connectivity index (χ1) is 9.66. The summed E-state index contributed by atoms with van der Waals surface area (Å²) in [5.41, 5.74) is 0.511. The van der Waals surface area contributed by atoms with Gasteiger partial charge in [-0.25, -0.2) is 4.98 Å². The maximum absolute atomic E-state index is 11.8. The number of anilines is 1. The summed E-state index contributed by atoms with van der Waals surface area (Å²) in [4.78, 5) is 17.8. The zero-order valence-corrected chi connectivity index (χ0v) is 13.1. The number of rotatable bonds is 3. The summed E-state index contributed by atoms with van der Waals surface area (Å²) >= 11 is 12.5. The van der Waals surface area contributed by atoms with Gasteiger partial charge in [0.25, 0.3) is 0 Å². The van der Waals surface area contributed by atoms with Gasteiger partial charge in [0.1, 0.15) is 4.32 Å². The number of halogens is 1. The molecule has 0 saturated carbocycles. The summed E-state index contributed by atoms with van der Waals surface area (Å²) in [5, 5.41) is 2.99. The quantitative estimate of drug-likeness (QED) is 0.675. The Bertz CT molecular complexity index is 495. The van der Waals surface area contributed by atoms with Crippen LogP contribution in [0.3, 0.4) is 0 Å². The SMILES string of the molecule is O=C(CSC(=S)N1CCOCC1)Nc1cccnc1Cl. The Labute approximate surface area is 132 Å². The third-order valence-electron chi connectivity index (χ3n) is 2.63. The summed E-state index contributed by atoms with van der Waals surface area (Å²) in [5.74, 6) is 0.0991. The first-order valence-corrected chi connectivity index (χ1v) is 7.84. The van der Waals surface area contributed by atoms with E-state index in [1.165, 1.54) is 11.8 Å². The number of aromatic nitrogens is 1. The van der Waals surface area contributed by atoms with Gasteiger partial charge in [0.2, 0.25) is 5.91 Å². The Morgan fingerprint density at radius 1 is 1.55 bits per heavy atom. The van der Waals surface area contributed by atoms with Crippen LogP contribution >= 0.6 is 35.6 Å². The van der Waals surface area contributed by atoms with Gasteiger partial charge in [-0.15, -0.1) is 0 Å². The zero-order valence-electron chi connectivity index (χ0n) is 10.7. The second-order valence-electron chi connectivity index (χ2n) is 4.04. The standard InChI is InChI=1S/C12H14ClN3O2S2/c13-11-9(2-1-3-14-11)15-10(17)8-20-12(19)16-4-6-18-7-5-16/h1-3H,4-8H2,(H,15,17). The molecule has 2 heterocycles. The van der Waals surface area contributed by atoms with Gasteiger partial charge in [-0.05, 0) is 12.1 Å². The van der Waals surface area contributed by atoms with Crippen LogP contribution in [0, 0.1) is 0 Å². The molecule has 1 amide bonds. The van der Waals surface area contributed by atoms with Crippen LogP contribution in [0.1, 0.15) is 0 Å². The molecule has 20 heavy (non-hydrogen) atoms. The fraction of sp³-hybridized carbons (Fsp3) is 0.417. The number of thiocarbonyl (C=S) groups is 1. The summed E-state index contributed by atoms with van der Waals surface area (Å²) in [6.45, 7) is 2.92. The second kappa shape index (κ2) is 7.78. The normalized spacial score (nSPS) is 14.9. The van der Waals surface area contributed by atoms with E-state index in [2.05, 4.69) is 10.3 Å². The molecule has 0 aromatic carbocycles. The van der Waals surface area contributed by atoms with Crippen molar-refractivity contribution >= 4 is 51.5 Å². The van der Waals surface area contributed by atoms with Crippen LogP contribution in [0.4, 0.5) is 5.69 Å². The van der Waals surface area contributed by atoms with Gasteiger partial charge < -0.3 is 15.0 Å². The fourth-order valence-corrected chi connectivity index (χ4v) is 2.85. The van der Waals surface area contributed by atoms with E-state index in [0.717, 1.165) is 17.4 Å². The van der Waals surface area contributed by atoms with Crippen LogP contribution in [0.5, 0.6) is 0 Å². The Kier molecular flexibility index (Phi) is 6.03. The molecule has 5 nitrogen and oxygen atoms in total. The smallest absolute Gasteiger partial charge is 0.234 e. The van der Waals surface area contributed by atoms with E-state index < -0.39 is 0 Å². The molecule has 0 bridgehead atoms. The molecule has 0 radical (unpaired) electrons. The number of nitrogens with zero attached hydrogens (tertiary/aromatic N) is 2. The molecule has 8 heteroatoms. The number of pyridine rings is 1. The van der Waals surface area contributed by atoms with Gasteiger partial charge in [-0.3, -0.25) is 4.79 Å². The van der Waals surface area contributed by atoms with Crippen LogP contribution < -0.4 is 5.32 Å². The van der Waals surface area contributed by atoms with Crippen molar-refractivity contribution in [2.24, 2.45) is 0 Å². The molecule has 0 aliphatic carbocycles. The van der Waals surface area contributed by atoms with E-state index in [0.29, 0.717) is 18.9 Å². The summed E-state index contributed by atoms with van der Waals surface area (Å²) in [6, 6.07) is 3.42. The Balaban J connectivity index is 1.77. The van der Waals surface area contributed by atoms with Gasteiger partial charge in [-0.2, -0.15) is 0 Å². The van der Waals surface area contributed by atoms with Crippen molar-refractivity contribution < 1.29 is 9.53 Å². The first-order valence-electron chi connectivity index (χ1n) is 6.06. The average molecular weight is 332 g/mol. The molecule has 1 aromatic rings. The van der Waals surface area contributed by atoms with Crippen molar-refractivity contribution in [3.05, 3.63) is 23.5 Å². The zero-order chi connectivity index (χ0) is 14.4. The van der Waals surface area contributed by atoms with E-state index in [1.54, 1.807) is 18.3 Å². The van der Waals surface area contributed by atoms with E-state index in [1.807, 2.05) is 4.90 Å². The van der Waals surface area contributed by atoms with Crippen LogP contribution in [0.2, 0.25) is 5.15 Å². The van der Waals surface area contributed by atoms with Crippen molar-refractivity contribution in [3.63, 3.8) is 0 Å². The summed E-state index contributed by atoms with van der Waals surface area (Å²) in [6.07, 6.45) is 1.57. The topological polar surface area (TPSA) is 54.5 Å². The number of thioether (sulfide) groups is 1. The van der Waals surface area contributed by atoms with E-state index in [4.69, 9.17) is 28.6 Å². The number of hydrogen-bond acceptors (Lipinski definition) is 5. The average Bonchev–Trinajstić information content (AvgIpc) is 2.48. The predicted molar refractivity (Wildman–Crippen MR) is 85.3 cm³/mol. The van der Waals surface area contributed by atoms with Gasteiger partial charge in [-0.1, -0.05) is 35.6 Å². The molecule has 0 spiro atoms. The molecule has 0 atom stereocenters. The first kappa shape index (κ1) is 15.5. The highest BCUT2D eigenvalue weighted by atomic mass is 35.5. The number of carbonyl (C=O) groups is 1. The molecule has 1 saturated heterocycles. The highest BCUT2D eigenvalue weighted by molar-refractivity contribution is 8.23. The van der Waals surface area contributed by atoms with Crippen LogP contribution in [-0.4, -0.2) is 52.2 Å². The molecular formula is C12H14ClN3O2S2. The lowest BCUT2D eigenvalue weighted by molar-refractivity contribution is -0.113. The second-order valence-corrected chi connectivity index (χ2v) is 6.01. The molecule has 1 N–H and O–H groups in total. The Hall–Kier alpha value is -0.890. The maximum atomic E-state index is 11.8. The monoisotopic (exact) mass is 331 g/mol. The Morgan fingerprint density at radius 2 is 2.30 bits per heavy atom. The lowest BCUT2D eigenvalue weighted by Gasteiger charge is -2.28. The van der Waals surface area contributed by atoms with E-state index in [-0.39, 0.29) is 16.8 Å². The Morgan fingerprint density at radius 3 is 3.00 bits per heavy atom. The number of nitrogens with one attached hydrogen (secondary N) is 1. The third-order valence-corrected chi connectivity index (χ3v) is 4.45. The largest absolute Gasteiger partial charge is 0.378 e. The van der Waals surface area contributed by atoms with Gasteiger partial charge in [0.05, 0.1) is 24.7 Å². The number of ether oxygens (including phenoxy) is 1. The number of hydrogen-bond donors (Lipinski definition) is 1. The molecule has 108 valence electrons. The minimum Gasteiger partial charge on any atom is -0.378 e. The highest BCUT2D eigenvalue weighted by Crippen LogP contribution is 2.18. The molecule has 2 rings (SSSR count). The van der Waals surface area contributed by atoms with E-state index >= 15 is 0 Å². The van der Waals surface area contributed by atoms with Crippen molar-refractivity contribution in [1.82, 2.24) is 9.88 Å². The summed E-state index contributed by atoms with van der Waals surface area (Å²) < 4.78 is 5.98. The predicted octanol–water partition coefficient (Wildman–Crippen LogP) is 2.02. The molecule has 0 unspecified atom stereocenters. The van der Waals surface area contributed by atoms with Crippen LogP contribution in [0.25, 0.3) is 0 Å². The maximum Gasteiger partial charge on any atom is 0.234 e. The minimum atomic E-state index is -0.152. The minimum absolute atomic E-state index is 0.152. The van der Waals surface area contributed by atoms with Gasteiger partial charge in [0.15, 0.2) is 5.15 Å². The van der Waals surface area contributed by atoms with Crippen molar-refractivity contribution in [2.75, 3.05) is 37.4 Å². The molecule has 1 aliphatic rings. The van der Waals surface area contributed by atoms with Crippen LogP contribution in [-0.2, 0) is 9.53 Å². The third kappa shape index (κ3) is 4.59. The molecule has 1 aliphatic heterocycles.